The van der Waals surface area contributed by atoms with Gasteiger partial charge >= 0.3 is 5.97 Å². The van der Waals surface area contributed by atoms with Gasteiger partial charge in [-0.3, -0.25) is 4.79 Å². The second-order valence-corrected chi connectivity index (χ2v) is 6.34. The molecule has 0 aliphatic rings. The first kappa shape index (κ1) is 20.5. The number of nitrogens with zero attached hydrogens (tertiary/aromatic N) is 2. The van der Waals surface area contributed by atoms with Gasteiger partial charge in [0, 0.05) is 25.2 Å². The van der Waals surface area contributed by atoms with E-state index in [-0.39, 0.29) is 22.9 Å². The third kappa shape index (κ3) is 5.39. The Morgan fingerprint density at radius 2 is 1.70 bits per heavy atom. The number of carboxylic acids is 1. The van der Waals surface area contributed by atoms with Gasteiger partial charge in [-0.05, 0) is 28.8 Å². The Bertz CT molecular complexity index is 1070. The van der Waals surface area contributed by atoms with Crippen molar-refractivity contribution in [2.75, 3.05) is 0 Å². The highest BCUT2D eigenvalue weighted by molar-refractivity contribution is 6.12. The molecule has 0 saturated heterocycles. The SMILES string of the molecule is N/C=C(\C=Nc1ccc(C(=O)O)cn1)C(=O)NCc1ccc(-c2ccccc2)cc1. The monoisotopic (exact) mass is 400 g/mol. The van der Waals surface area contributed by atoms with Gasteiger partial charge in [0.2, 0.25) is 0 Å². The number of rotatable bonds is 7. The van der Waals surface area contributed by atoms with E-state index in [1.54, 1.807) is 0 Å². The lowest BCUT2D eigenvalue weighted by Crippen LogP contribution is -2.25. The Morgan fingerprint density at radius 1 is 1.00 bits per heavy atom. The molecule has 0 saturated carbocycles. The summed E-state index contributed by atoms with van der Waals surface area (Å²) in [4.78, 5) is 31.2. The van der Waals surface area contributed by atoms with Crippen LogP contribution >= 0.6 is 0 Å². The maximum Gasteiger partial charge on any atom is 0.337 e. The van der Waals surface area contributed by atoms with E-state index in [0.717, 1.165) is 22.9 Å². The standard InChI is InChI=1S/C23H20N4O3/c24-12-20(15-26-21-11-10-19(14-25-21)23(29)30)22(28)27-13-16-6-8-18(9-7-16)17-4-2-1-3-5-17/h1-12,14-15H,13,24H2,(H,27,28)(H,29,30)/b20-12+,26-15?. The van der Waals surface area contributed by atoms with Crippen LogP contribution in [-0.4, -0.2) is 28.2 Å². The fourth-order valence-electron chi connectivity index (χ4n) is 2.63. The van der Waals surface area contributed by atoms with Crippen LogP contribution in [0, 0.1) is 0 Å². The van der Waals surface area contributed by atoms with Crippen molar-refractivity contribution in [2.24, 2.45) is 10.7 Å². The van der Waals surface area contributed by atoms with Gasteiger partial charge in [0.1, 0.15) is 0 Å². The van der Waals surface area contributed by atoms with E-state index in [4.69, 9.17) is 10.8 Å². The lowest BCUT2D eigenvalue weighted by atomic mass is 10.0. The van der Waals surface area contributed by atoms with Crippen molar-refractivity contribution in [3.05, 3.63) is 95.8 Å². The van der Waals surface area contributed by atoms with E-state index < -0.39 is 5.97 Å². The number of aromatic carboxylic acids is 1. The van der Waals surface area contributed by atoms with Crippen LogP contribution in [0.2, 0.25) is 0 Å². The summed E-state index contributed by atoms with van der Waals surface area (Å²) < 4.78 is 0. The zero-order valence-electron chi connectivity index (χ0n) is 16.0. The third-order valence-electron chi connectivity index (χ3n) is 4.29. The molecule has 3 aromatic rings. The number of hydrogen-bond donors (Lipinski definition) is 3. The second-order valence-electron chi connectivity index (χ2n) is 6.34. The molecule has 0 aliphatic heterocycles. The highest BCUT2D eigenvalue weighted by Gasteiger charge is 2.07. The molecular weight excluding hydrogens is 380 g/mol. The topological polar surface area (TPSA) is 118 Å². The highest BCUT2D eigenvalue weighted by atomic mass is 16.4. The van der Waals surface area contributed by atoms with Crippen molar-refractivity contribution in [2.45, 2.75) is 6.54 Å². The summed E-state index contributed by atoms with van der Waals surface area (Å²) in [5.74, 6) is -1.18. The van der Waals surface area contributed by atoms with E-state index in [1.807, 2.05) is 54.6 Å². The van der Waals surface area contributed by atoms with Crippen molar-refractivity contribution in [3.8, 4) is 11.1 Å². The minimum atomic E-state index is -1.07. The van der Waals surface area contributed by atoms with E-state index in [2.05, 4.69) is 15.3 Å². The minimum absolute atomic E-state index is 0.0552. The molecule has 0 radical (unpaired) electrons. The number of carbonyl (C=O) groups excluding carboxylic acids is 1. The van der Waals surface area contributed by atoms with Crippen LogP contribution in [0.25, 0.3) is 11.1 Å². The number of aromatic nitrogens is 1. The first-order chi connectivity index (χ1) is 14.6. The zero-order valence-corrected chi connectivity index (χ0v) is 16.0. The van der Waals surface area contributed by atoms with Crippen LogP contribution in [0.15, 0.2) is 89.7 Å². The summed E-state index contributed by atoms with van der Waals surface area (Å²) in [7, 11) is 0. The van der Waals surface area contributed by atoms with Crippen LogP contribution in [0.4, 0.5) is 5.82 Å². The molecule has 0 spiro atoms. The predicted octanol–water partition coefficient (Wildman–Crippen LogP) is 3.31. The molecule has 7 nitrogen and oxygen atoms in total. The Hall–Kier alpha value is -4.26. The van der Waals surface area contributed by atoms with Crippen molar-refractivity contribution in [3.63, 3.8) is 0 Å². The van der Waals surface area contributed by atoms with Crippen LogP contribution in [-0.2, 0) is 11.3 Å². The lowest BCUT2D eigenvalue weighted by molar-refractivity contribution is -0.117. The number of hydrogen-bond acceptors (Lipinski definition) is 5. The quantitative estimate of drug-likeness (QED) is 0.415. The van der Waals surface area contributed by atoms with Gasteiger partial charge in [0.15, 0.2) is 5.82 Å². The van der Waals surface area contributed by atoms with Gasteiger partial charge in [-0.2, -0.15) is 0 Å². The molecule has 0 bridgehead atoms. The molecule has 30 heavy (non-hydrogen) atoms. The minimum Gasteiger partial charge on any atom is -0.478 e. The number of pyridine rings is 1. The van der Waals surface area contributed by atoms with Crippen molar-refractivity contribution in [1.29, 1.82) is 0 Å². The smallest absolute Gasteiger partial charge is 0.337 e. The molecule has 1 aromatic heterocycles. The fraction of sp³-hybridized carbons (Fsp3) is 0.0435. The number of carbonyl (C=O) groups is 2. The normalized spacial score (nSPS) is 11.4. The average molecular weight is 400 g/mol. The highest BCUT2D eigenvalue weighted by Crippen LogP contribution is 2.19. The summed E-state index contributed by atoms with van der Waals surface area (Å²) in [6.07, 6.45) is 3.64. The van der Waals surface area contributed by atoms with Crippen LogP contribution in [0.1, 0.15) is 15.9 Å². The van der Waals surface area contributed by atoms with E-state index in [9.17, 15) is 9.59 Å². The Labute approximate surface area is 173 Å². The zero-order chi connectivity index (χ0) is 21.3. The summed E-state index contributed by atoms with van der Waals surface area (Å²) in [5, 5.41) is 11.7. The maximum atomic E-state index is 12.4. The Kier molecular flexibility index (Phi) is 6.68. The maximum absolute atomic E-state index is 12.4. The first-order valence-corrected chi connectivity index (χ1v) is 9.14. The predicted molar refractivity (Wildman–Crippen MR) is 115 cm³/mol. The Morgan fingerprint density at radius 3 is 2.30 bits per heavy atom. The van der Waals surface area contributed by atoms with E-state index in [1.165, 1.54) is 24.5 Å². The summed E-state index contributed by atoms with van der Waals surface area (Å²) in [5.41, 5.74) is 8.94. The van der Waals surface area contributed by atoms with Crippen molar-refractivity contribution >= 4 is 23.9 Å². The number of aliphatic imine (C=N–C) groups is 1. The molecule has 0 fully saturated rings. The van der Waals surface area contributed by atoms with Crippen LogP contribution in [0.5, 0.6) is 0 Å². The molecule has 1 amide bonds. The summed E-state index contributed by atoms with van der Waals surface area (Å²) >= 11 is 0. The van der Waals surface area contributed by atoms with Gasteiger partial charge in [0.25, 0.3) is 5.91 Å². The molecule has 3 rings (SSSR count). The molecule has 7 heteroatoms. The van der Waals surface area contributed by atoms with Gasteiger partial charge in [0.05, 0.1) is 11.1 Å². The lowest BCUT2D eigenvalue weighted by Gasteiger charge is -2.07. The molecule has 1 heterocycles. The molecule has 0 unspecified atom stereocenters. The molecule has 0 aliphatic carbocycles. The third-order valence-corrected chi connectivity index (χ3v) is 4.29. The molecule has 150 valence electrons. The van der Waals surface area contributed by atoms with Gasteiger partial charge in [-0.25, -0.2) is 14.8 Å². The fourth-order valence-corrected chi connectivity index (χ4v) is 2.63. The van der Waals surface area contributed by atoms with Crippen LogP contribution < -0.4 is 11.1 Å². The summed E-state index contributed by atoms with van der Waals surface area (Å²) in [6.45, 7) is 0.338. The first-order valence-electron chi connectivity index (χ1n) is 9.14. The number of nitrogens with two attached hydrogens (primary N) is 1. The molecule has 2 aromatic carbocycles. The van der Waals surface area contributed by atoms with Gasteiger partial charge in [-0.15, -0.1) is 0 Å². The number of nitrogens with one attached hydrogen (secondary N) is 1. The largest absolute Gasteiger partial charge is 0.478 e. The van der Waals surface area contributed by atoms with Gasteiger partial charge < -0.3 is 16.2 Å². The van der Waals surface area contributed by atoms with E-state index >= 15 is 0 Å². The Balaban J connectivity index is 1.58. The molecular formula is C23H20N4O3. The second kappa shape index (κ2) is 9.79. The summed E-state index contributed by atoms with van der Waals surface area (Å²) in [6, 6.07) is 20.8. The van der Waals surface area contributed by atoms with Crippen molar-refractivity contribution < 1.29 is 14.7 Å². The van der Waals surface area contributed by atoms with Crippen molar-refractivity contribution in [1.82, 2.24) is 10.3 Å². The van der Waals surface area contributed by atoms with Crippen LogP contribution in [0.3, 0.4) is 0 Å². The number of carboxylic acid groups (broad SMARTS) is 1. The van der Waals surface area contributed by atoms with Gasteiger partial charge in [-0.1, -0.05) is 54.6 Å². The van der Waals surface area contributed by atoms with E-state index in [0.29, 0.717) is 6.54 Å². The molecule has 4 N–H and O–H groups in total. The molecule has 0 atom stereocenters. The number of amides is 1. The average Bonchev–Trinajstić information content (AvgIpc) is 2.79. The number of benzene rings is 2.